The number of Topliss-reactive ketones (excluding diaryl/α,β-unsaturated/α-hetero) is 4. The van der Waals surface area contributed by atoms with Crippen LogP contribution >= 0.6 is 38.5 Å². The van der Waals surface area contributed by atoms with Crippen LogP contribution in [0.5, 0.6) is 34.5 Å². The molecule has 14 heterocycles. The predicted molar refractivity (Wildman–Crippen MR) is 542 cm³/mol. The van der Waals surface area contributed by atoms with E-state index in [4.69, 9.17) is 37.1 Å². The summed E-state index contributed by atoms with van der Waals surface area (Å²) in [6.45, 7) is 58.7. The van der Waals surface area contributed by atoms with Crippen LogP contribution in [0.15, 0.2) is 184 Å². The average molecular weight is 1970 g/mol. The van der Waals surface area contributed by atoms with Gasteiger partial charge < -0.3 is 47.3 Å². The molecule has 10 aliphatic rings. The van der Waals surface area contributed by atoms with Gasteiger partial charge in [0.25, 0.3) is 0 Å². The van der Waals surface area contributed by atoms with E-state index in [-0.39, 0.29) is 79.4 Å². The van der Waals surface area contributed by atoms with Gasteiger partial charge in [-0.3, -0.25) is 33.9 Å². The summed E-state index contributed by atoms with van der Waals surface area (Å²) in [6.07, 6.45) is 18.2. The molecule has 4 aromatic heterocycles. The van der Waals surface area contributed by atoms with Gasteiger partial charge in [0.05, 0.1) is 47.8 Å². The number of fused-ring (bicyclic) bond motifs is 8. The van der Waals surface area contributed by atoms with Crippen molar-refractivity contribution in [2.75, 3.05) is 90.7 Å². The Morgan fingerprint density at radius 3 is 1.11 bits per heavy atom. The van der Waals surface area contributed by atoms with E-state index >= 15 is 0 Å². The van der Waals surface area contributed by atoms with E-state index in [1.807, 2.05) is 159 Å². The number of benzene rings is 6. The van der Waals surface area contributed by atoms with E-state index < -0.39 is 0 Å². The summed E-state index contributed by atoms with van der Waals surface area (Å²) in [7, 11) is -0.241. The molecule has 4 saturated heterocycles. The number of hydrogen-bond acceptors (Lipinski definition) is 23. The number of rotatable bonds is 15. The summed E-state index contributed by atoms with van der Waals surface area (Å²) in [6, 6.07) is 30.5. The topological polar surface area (TPSA) is 275 Å². The zero-order valence-electron chi connectivity index (χ0n) is 78.2. The molecule has 0 saturated carbocycles. The van der Waals surface area contributed by atoms with Gasteiger partial charge in [-0.25, -0.2) is 9.97 Å². The first-order valence-electron chi connectivity index (χ1n) is 45.3. The van der Waals surface area contributed by atoms with Crippen molar-refractivity contribution in [3.05, 3.63) is 264 Å². The van der Waals surface area contributed by atoms with Crippen molar-refractivity contribution in [1.82, 2.24) is 24.7 Å². The summed E-state index contributed by atoms with van der Waals surface area (Å²) in [5, 5.41) is 40.3. The highest BCUT2D eigenvalue weighted by Gasteiger charge is 2.51. The first-order chi connectivity index (χ1) is 63.6. The van der Waals surface area contributed by atoms with Crippen molar-refractivity contribution in [3.8, 4) is 34.5 Å². The van der Waals surface area contributed by atoms with Gasteiger partial charge in [0.15, 0.2) is 61.1 Å². The Hall–Kier alpha value is -11.6. The van der Waals surface area contributed by atoms with Gasteiger partial charge in [-0.05, 0) is 305 Å². The fourth-order valence-electron chi connectivity index (χ4n) is 17.7. The van der Waals surface area contributed by atoms with E-state index in [2.05, 4.69) is 144 Å². The van der Waals surface area contributed by atoms with Crippen LogP contribution in [0.4, 0.5) is 11.6 Å². The van der Waals surface area contributed by atoms with Gasteiger partial charge in [0, 0.05) is 88.5 Å². The number of alkyl halides is 1. The molecule has 10 aliphatic heterocycles. The van der Waals surface area contributed by atoms with E-state index in [0.29, 0.717) is 90.0 Å². The second kappa shape index (κ2) is 42.3. The van der Waals surface area contributed by atoms with Crippen molar-refractivity contribution < 1.29 is 66.5 Å². The van der Waals surface area contributed by atoms with E-state index in [9.17, 15) is 29.4 Å². The van der Waals surface area contributed by atoms with Crippen LogP contribution in [0, 0.1) is 45.1 Å². The lowest BCUT2D eigenvalue weighted by atomic mass is 9.81. The molecule has 23 nitrogen and oxygen atoms in total. The Labute approximate surface area is 801 Å². The largest absolute Gasteiger partial charge is 0.504 e. The number of nitrogens with zero attached hydrogens (tertiary/aromatic N) is 9. The van der Waals surface area contributed by atoms with Gasteiger partial charge in [0.2, 0.25) is 23.1 Å². The Kier molecular flexibility index (Phi) is 31.0. The number of likely N-dealkylation sites (tertiary alicyclic amines) is 3. The number of halogens is 2. The molecule has 0 radical (unpaired) electrons. The van der Waals surface area contributed by atoms with Crippen molar-refractivity contribution >= 4 is 154 Å². The summed E-state index contributed by atoms with van der Waals surface area (Å²) < 4.78 is 46.5. The number of azo groups is 2. The van der Waals surface area contributed by atoms with Crippen molar-refractivity contribution in [3.63, 3.8) is 0 Å². The van der Waals surface area contributed by atoms with Crippen LogP contribution in [0.25, 0.3) is 73.4 Å². The predicted octanol–water partition coefficient (Wildman–Crippen LogP) is 24.9. The molecule has 0 atom stereocenters. The normalized spacial score (nSPS) is 17.4. The van der Waals surface area contributed by atoms with Crippen LogP contribution in [0.2, 0.25) is 0 Å². The molecule has 20 rings (SSSR count). The Morgan fingerprint density at radius 1 is 0.429 bits per heavy atom. The Balaban J connectivity index is 0.000000129. The first kappa shape index (κ1) is 97.4. The molecule has 0 spiro atoms. The van der Waals surface area contributed by atoms with E-state index in [0.717, 1.165) is 185 Å². The molecule has 133 heavy (non-hydrogen) atoms. The number of piperidine rings is 3. The van der Waals surface area contributed by atoms with Crippen molar-refractivity contribution in [2.24, 2.45) is 20.5 Å². The number of aromatic hydroxyl groups is 2. The fraction of sp³-hybridized carbons (Fsp3) is 0.346. The average Bonchev–Trinajstić information content (AvgIpc) is 1.61. The monoisotopic (exact) mass is 1970 g/mol. The number of carbonyl (C=O) groups excluding carboxylic acids is 4. The van der Waals surface area contributed by atoms with Crippen LogP contribution in [-0.2, 0) is 9.31 Å². The van der Waals surface area contributed by atoms with Crippen molar-refractivity contribution in [1.29, 1.82) is 0 Å². The number of hydrogen-bond donors (Lipinski definition) is 2. The van der Waals surface area contributed by atoms with E-state index in [1.54, 1.807) is 24.5 Å². The lowest BCUT2D eigenvalue weighted by Gasteiger charge is -2.32. The third-order valence-corrected chi connectivity index (χ3v) is 27.5. The van der Waals surface area contributed by atoms with Gasteiger partial charge in [-0.2, -0.15) is 0 Å². The highest BCUT2D eigenvalue weighted by molar-refractivity contribution is 14.1. The highest BCUT2D eigenvalue weighted by atomic mass is 127. The lowest BCUT2D eigenvalue weighted by Crippen LogP contribution is -2.41. The molecular formula is C107H116BBrIN9O14. The van der Waals surface area contributed by atoms with Gasteiger partial charge in [-0.1, -0.05) is 110 Å². The van der Waals surface area contributed by atoms with Crippen LogP contribution < -0.4 is 18.9 Å². The zero-order chi connectivity index (χ0) is 95.0. The summed E-state index contributed by atoms with van der Waals surface area (Å²) in [4.78, 5) is 61.6. The highest BCUT2D eigenvalue weighted by Crippen LogP contribution is 2.47. The lowest BCUT2D eigenvalue weighted by molar-refractivity contribution is 0.00578. The zero-order valence-corrected chi connectivity index (χ0v) is 81.9. The third kappa shape index (κ3) is 21.6. The number of ketones is 4. The number of furan rings is 2. The molecule has 0 aliphatic carbocycles. The Morgan fingerprint density at radius 2 is 0.752 bits per heavy atom. The summed E-state index contributed by atoms with van der Waals surface area (Å²) >= 11 is 5.57. The second-order valence-corrected chi connectivity index (χ2v) is 37.8. The summed E-state index contributed by atoms with van der Waals surface area (Å²) in [5.74, 6) is 5.29. The van der Waals surface area contributed by atoms with E-state index in [1.165, 1.54) is 57.8 Å². The molecule has 0 bridgehead atoms. The van der Waals surface area contributed by atoms with Gasteiger partial charge in [-0.15, -0.1) is 27.0 Å². The fourth-order valence-corrected chi connectivity index (χ4v) is 18.6. The number of aryl methyl sites for hydroxylation is 6. The summed E-state index contributed by atoms with van der Waals surface area (Å²) in [5.41, 5.74) is 24.1. The number of pyridine rings is 2. The molecule has 2 N–H and O–H groups in total. The quantitative estimate of drug-likeness (QED) is 0.0548. The van der Waals surface area contributed by atoms with Gasteiger partial charge >= 0.3 is 7.12 Å². The molecule has 6 aromatic carbocycles. The van der Waals surface area contributed by atoms with Gasteiger partial charge in [0.1, 0.15) is 45.6 Å². The third-order valence-electron chi connectivity index (χ3n) is 25.5. The molecule has 4 fully saturated rings. The van der Waals surface area contributed by atoms with Crippen molar-refractivity contribution in [2.45, 2.75) is 152 Å². The maximum atomic E-state index is 11.8. The maximum Gasteiger partial charge on any atom is 0.489 e. The smallest absolute Gasteiger partial charge is 0.489 e. The SMILES string of the molecule is C=C(C)B1OC(C)(C)C(C)(C)O1.C=C(C)c1c(C)ccc2c1OCC2=O.C=C(CBr)c1c(C)ccc2c1OCC2=O.C=C(CN1CCCCC1)c1c(C)ccc2c(O)c(C=C3N=Nc4ncccc43)oc12.C=C(CN1CCCCC1)c1c(C)ccc2c(O)c(C=C3N=Nc4ncccc43)oc12.C=C(CN1CCCCC1)c1c(C)ccc2c1OCC2=O.Cc1ccc2c(c1I)OCC2=O. The number of ether oxygens (including phenoxy) is 4. The van der Waals surface area contributed by atoms with Crippen LogP contribution in [0.1, 0.15) is 225 Å². The standard InChI is InChI=1S/2C24H24N4O2.C17H21NO2.C12H11BrO2.C12H12O2.C9H17BO2.C9H7IO2/c2*1-15-8-9-18-22(29)20(13-19-17-7-6-10-25-24(17)27-26-19)30-23(18)21(15)16(2)14-28-11-4-3-5-12-28;1-12-6-7-14-15(19)11-20-17(14)16(12)13(2)10-18-8-4-3-5-9-18;1-7-3-4-9-10(14)6-15-12(9)11(7)8(2)5-13;1-7(2)11-8(3)4-5-9-10(13)6-14-12(9)11;1-7(2)10-11-8(3,4)9(5,6)12-10;1-5-2-3-6-7(11)4-12-9(6)8(5)10/h2*6-10,13,29H,2-5,11-12,14H2,1H3;6-7H,2-5,8-11H2,1H3;3-4H,2,5-6H2,1H3;4-5H,1,6H2,2-3H3;1H2,2-6H3;2-3H,4H2,1H3. The minimum Gasteiger partial charge on any atom is -0.504 e. The minimum absolute atomic E-state index is 0.0497. The molecule has 10 aromatic rings. The molecule has 26 heteroatoms. The van der Waals surface area contributed by atoms with Crippen LogP contribution in [-0.4, -0.2) is 167 Å². The number of carbonyl (C=O) groups is 4. The number of aromatic nitrogens is 2. The maximum absolute atomic E-state index is 11.8. The first-order valence-corrected chi connectivity index (χ1v) is 47.5. The Bertz CT molecular complexity index is 6240. The molecule has 690 valence electrons. The second-order valence-electron chi connectivity index (χ2n) is 36.2. The number of allylic oxidation sites excluding steroid dienone is 3. The van der Waals surface area contributed by atoms with Crippen LogP contribution in [0.3, 0.4) is 0 Å². The molecular weight excluding hydrogens is 1850 g/mol. The minimum atomic E-state index is -0.241. The molecule has 0 amide bonds. The molecule has 0 unspecified atom stereocenters.